The van der Waals surface area contributed by atoms with Gasteiger partial charge in [-0.2, -0.15) is 0 Å². The third-order valence-corrected chi connectivity index (χ3v) is 18.6. The quantitative estimate of drug-likeness (QED) is 0.211. The van der Waals surface area contributed by atoms with Crippen molar-refractivity contribution in [3.8, 4) is 0 Å². The van der Waals surface area contributed by atoms with E-state index < -0.39 is 22.7 Å². The Morgan fingerprint density at radius 1 is 0.815 bits per heavy atom. The number of carboxylic acid groups (broad SMARTS) is 1. The molecule has 10 atom stereocenters. The Balaban J connectivity index is 1.12. The second-order valence-corrected chi connectivity index (χ2v) is 22.1. The summed E-state index contributed by atoms with van der Waals surface area (Å²) in [7, 11) is 0. The fraction of sp³-hybridized carbons (Fsp3) is 0.870. The van der Waals surface area contributed by atoms with Crippen LogP contribution in [0.5, 0.6) is 0 Å². The molecule has 54 heavy (non-hydrogen) atoms. The number of carbonyl (C=O) groups excluding carboxylic acids is 3. The number of fused-ring (bicyclic) bond motifs is 7. The number of hydrogen-bond donors (Lipinski definition) is 3. The van der Waals surface area contributed by atoms with Crippen LogP contribution in [0, 0.1) is 68.0 Å². The number of ketones is 1. The highest BCUT2D eigenvalue weighted by molar-refractivity contribution is 6.01. The zero-order chi connectivity index (χ0) is 39.4. The highest BCUT2D eigenvalue weighted by atomic mass is 16.5. The summed E-state index contributed by atoms with van der Waals surface area (Å²) in [6.45, 7) is 21.0. The van der Waals surface area contributed by atoms with Crippen LogP contribution in [0.15, 0.2) is 11.1 Å². The lowest BCUT2D eigenvalue weighted by molar-refractivity contribution is -0.236. The average Bonchev–Trinajstić information content (AvgIpc) is 3.37. The smallest absolute Gasteiger partial charge is 0.309 e. The molecule has 0 unspecified atom stereocenters. The zero-order valence-electron chi connectivity index (χ0n) is 35.1. The monoisotopic (exact) mass is 749 g/mol. The van der Waals surface area contributed by atoms with Crippen molar-refractivity contribution in [3.05, 3.63) is 11.1 Å². The third-order valence-electron chi connectivity index (χ3n) is 18.6. The normalized spacial score (nSPS) is 43.2. The van der Waals surface area contributed by atoms with E-state index in [0.717, 1.165) is 82.6 Å². The van der Waals surface area contributed by atoms with Gasteiger partial charge in [-0.1, -0.05) is 87.1 Å². The SMILES string of the molecule is CC(C)C1=C2[C@H]3CC[C@@H]4[C@@]5(C)CC[C@H](OC(=O)[C@H]6C[C@@H](C(=O)O)C6(C)C)C(C)(C)[C@@H]5CC[C@@]4(C)[C@]3(C)CC[C@@]2(CC(=O)NCC2(N)CCCCC2)CC1=O. The second kappa shape index (κ2) is 13.2. The number of carboxylic acids is 1. The van der Waals surface area contributed by atoms with Gasteiger partial charge in [0.2, 0.25) is 5.91 Å². The molecule has 0 aliphatic heterocycles. The Bertz CT molecular complexity index is 1600. The van der Waals surface area contributed by atoms with E-state index in [1.165, 1.54) is 12.0 Å². The van der Waals surface area contributed by atoms with Gasteiger partial charge in [0.25, 0.3) is 0 Å². The molecule has 7 aliphatic carbocycles. The van der Waals surface area contributed by atoms with E-state index in [2.05, 4.69) is 53.8 Å². The van der Waals surface area contributed by atoms with Crippen molar-refractivity contribution < 1.29 is 29.0 Å². The first-order chi connectivity index (χ1) is 25.1. The maximum absolute atomic E-state index is 14.1. The molecule has 8 nitrogen and oxygen atoms in total. The third kappa shape index (κ3) is 5.81. The molecule has 0 radical (unpaired) electrons. The highest BCUT2D eigenvalue weighted by Crippen LogP contribution is 2.77. The van der Waals surface area contributed by atoms with Crippen LogP contribution >= 0.6 is 0 Å². The molecular weight excluding hydrogens is 677 g/mol. The van der Waals surface area contributed by atoms with Gasteiger partial charge in [0.1, 0.15) is 6.10 Å². The number of esters is 1. The molecule has 0 aromatic carbocycles. The Morgan fingerprint density at radius 2 is 1.50 bits per heavy atom. The molecule has 0 spiro atoms. The van der Waals surface area contributed by atoms with Gasteiger partial charge in [-0.25, -0.2) is 0 Å². The molecule has 7 aliphatic rings. The van der Waals surface area contributed by atoms with Gasteiger partial charge in [-0.15, -0.1) is 0 Å². The van der Waals surface area contributed by atoms with Gasteiger partial charge in [0.05, 0.1) is 11.8 Å². The first kappa shape index (κ1) is 40.0. The van der Waals surface area contributed by atoms with Crippen molar-refractivity contribution >= 4 is 23.6 Å². The molecule has 4 N–H and O–H groups in total. The second-order valence-electron chi connectivity index (χ2n) is 22.1. The Kier molecular flexibility index (Phi) is 9.75. The summed E-state index contributed by atoms with van der Waals surface area (Å²) in [4.78, 5) is 53.3. The average molecular weight is 749 g/mol. The highest BCUT2D eigenvalue weighted by Gasteiger charge is 2.70. The lowest BCUT2D eigenvalue weighted by Crippen LogP contribution is -2.66. The number of carbonyl (C=O) groups is 4. The number of aliphatic carboxylic acids is 1. The van der Waals surface area contributed by atoms with Crippen molar-refractivity contribution in [2.45, 2.75) is 177 Å². The molecule has 0 saturated heterocycles. The van der Waals surface area contributed by atoms with Crippen molar-refractivity contribution in [1.82, 2.24) is 5.32 Å². The molecule has 6 saturated carbocycles. The van der Waals surface area contributed by atoms with E-state index in [-0.39, 0.29) is 68.7 Å². The van der Waals surface area contributed by atoms with E-state index in [1.807, 2.05) is 13.8 Å². The summed E-state index contributed by atoms with van der Waals surface area (Å²) in [6.07, 6.45) is 14.5. The Morgan fingerprint density at radius 3 is 2.13 bits per heavy atom. The maximum atomic E-state index is 14.1. The molecule has 0 aromatic heterocycles. The summed E-state index contributed by atoms with van der Waals surface area (Å²) >= 11 is 0. The van der Waals surface area contributed by atoms with Gasteiger partial charge < -0.3 is 20.9 Å². The molecular formula is C46H72N2O6. The largest absolute Gasteiger partial charge is 0.481 e. The van der Waals surface area contributed by atoms with Crippen molar-refractivity contribution in [2.75, 3.05) is 6.54 Å². The van der Waals surface area contributed by atoms with E-state index in [4.69, 9.17) is 10.5 Å². The molecule has 302 valence electrons. The fourth-order valence-electron chi connectivity index (χ4n) is 15.2. The summed E-state index contributed by atoms with van der Waals surface area (Å²) < 4.78 is 6.42. The van der Waals surface area contributed by atoms with Crippen molar-refractivity contribution in [3.63, 3.8) is 0 Å². The van der Waals surface area contributed by atoms with Gasteiger partial charge in [0, 0.05) is 35.8 Å². The van der Waals surface area contributed by atoms with Crippen molar-refractivity contribution in [2.24, 2.45) is 73.7 Å². The molecule has 0 bridgehead atoms. The van der Waals surface area contributed by atoms with E-state index in [0.29, 0.717) is 37.6 Å². The van der Waals surface area contributed by atoms with Crippen LogP contribution in [0.2, 0.25) is 0 Å². The van der Waals surface area contributed by atoms with E-state index in [9.17, 15) is 24.3 Å². The van der Waals surface area contributed by atoms with Crippen LogP contribution in [0.3, 0.4) is 0 Å². The first-order valence-corrected chi connectivity index (χ1v) is 21.8. The van der Waals surface area contributed by atoms with Crippen LogP contribution in [0.4, 0.5) is 0 Å². The number of Topliss-reactive ketones (excluding diaryl/α,β-unsaturated/α-hetero) is 1. The molecule has 0 aromatic rings. The van der Waals surface area contributed by atoms with Crippen LogP contribution < -0.4 is 11.1 Å². The van der Waals surface area contributed by atoms with Crippen LogP contribution in [-0.2, 0) is 23.9 Å². The molecule has 0 heterocycles. The summed E-state index contributed by atoms with van der Waals surface area (Å²) in [6, 6.07) is 0. The van der Waals surface area contributed by atoms with Crippen LogP contribution in [0.1, 0.15) is 165 Å². The molecule has 7 rings (SSSR count). The Hall–Kier alpha value is -2.22. The van der Waals surface area contributed by atoms with Crippen LogP contribution in [-0.4, -0.2) is 46.9 Å². The molecule has 1 amide bonds. The Labute approximate surface area is 325 Å². The topological polar surface area (TPSA) is 136 Å². The maximum Gasteiger partial charge on any atom is 0.309 e. The number of amides is 1. The molecule has 6 fully saturated rings. The number of nitrogens with two attached hydrogens (primary N) is 1. The minimum atomic E-state index is -0.827. The predicted octanol–water partition coefficient (Wildman–Crippen LogP) is 8.79. The number of ether oxygens (including phenoxy) is 1. The standard InChI is InChI=1S/C46H72N2O6/c1-27(2)36-31(49)24-45(25-35(50)48-26-46(47)17-11-10-12-18-46)22-21-43(8)28(37(36)45)13-14-33-42(7)19-16-34(41(5,6)32(42)15-20-44(33,43)9)54-39(53)30-23-29(38(51)52)40(30,3)4/h27-30,32-34H,10-26,47H2,1-9H3,(H,48,50)(H,51,52)/t28-,29+,30-,32+,33-,34+,42+,43-,44-,45+/m1/s1. The van der Waals surface area contributed by atoms with Crippen molar-refractivity contribution in [1.29, 1.82) is 0 Å². The summed E-state index contributed by atoms with van der Waals surface area (Å²) in [5.41, 5.74) is 7.76. The molecule has 8 heteroatoms. The van der Waals surface area contributed by atoms with Gasteiger partial charge in [0.15, 0.2) is 5.78 Å². The summed E-state index contributed by atoms with van der Waals surface area (Å²) in [5.74, 6) is -0.283. The lowest BCUT2D eigenvalue weighted by Gasteiger charge is -2.72. The van der Waals surface area contributed by atoms with Crippen LogP contribution in [0.25, 0.3) is 0 Å². The minimum Gasteiger partial charge on any atom is -0.481 e. The van der Waals surface area contributed by atoms with E-state index >= 15 is 0 Å². The number of rotatable bonds is 8. The van der Waals surface area contributed by atoms with Gasteiger partial charge >= 0.3 is 11.9 Å². The fourth-order valence-corrected chi connectivity index (χ4v) is 15.2. The lowest BCUT2D eigenvalue weighted by atomic mass is 9.33. The number of allylic oxidation sites excluding steroid dienone is 2. The van der Waals surface area contributed by atoms with Gasteiger partial charge in [-0.3, -0.25) is 19.2 Å². The number of nitrogens with one attached hydrogen (secondary N) is 1. The van der Waals surface area contributed by atoms with E-state index in [1.54, 1.807) is 0 Å². The predicted molar refractivity (Wildman–Crippen MR) is 210 cm³/mol. The minimum absolute atomic E-state index is 0.0112. The zero-order valence-corrected chi connectivity index (χ0v) is 35.1. The first-order valence-electron chi connectivity index (χ1n) is 21.8. The number of hydrogen-bond acceptors (Lipinski definition) is 6. The van der Waals surface area contributed by atoms with Gasteiger partial charge in [-0.05, 0) is 122 Å². The summed E-state index contributed by atoms with van der Waals surface area (Å²) in [5, 5.41) is 12.9.